The Kier molecular flexibility index (Phi) is 6.31. The molecule has 0 radical (unpaired) electrons. The highest BCUT2D eigenvalue weighted by atomic mass is 32.2. The second-order valence-corrected chi connectivity index (χ2v) is 8.00. The van der Waals surface area contributed by atoms with Crippen LogP contribution in [0.15, 0.2) is 59.6 Å². The quantitative estimate of drug-likeness (QED) is 0.619. The van der Waals surface area contributed by atoms with Crippen molar-refractivity contribution < 1.29 is 9.59 Å². The van der Waals surface area contributed by atoms with Crippen molar-refractivity contribution in [3.05, 3.63) is 65.7 Å². The highest BCUT2D eigenvalue weighted by Crippen LogP contribution is 2.24. The standard InChI is InChI=1S/C22H23N3O2S/c1-14-7-6-8-15(2)21(14)25-19(26)13-23-22(27)16(3)28-20-12-11-17-9-4-5-10-18(17)24-20/h4-12,16H,13H2,1-3H3,(H,23,27)(H,25,26). The van der Waals surface area contributed by atoms with E-state index in [0.29, 0.717) is 0 Å². The average molecular weight is 394 g/mol. The Bertz CT molecular complexity index is 999. The highest BCUT2D eigenvalue weighted by Gasteiger charge is 2.16. The minimum Gasteiger partial charge on any atom is -0.346 e. The van der Waals surface area contributed by atoms with E-state index in [1.54, 1.807) is 6.92 Å². The molecule has 0 saturated heterocycles. The second-order valence-electron chi connectivity index (χ2n) is 6.64. The normalized spacial score (nSPS) is 11.8. The number of pyridine rings is 1. The number of fused-ring (bicyclic) bond motifs is 1. The van der Waals surface area contributed by atoms with Gasteiger partial charge in [-0.1, -0.05) is 54.2 Å². The number of hydrogen-bond acceptors (Lipinski definition) is 4. The van der Waals surface area contributed by atoms with Gasteiger partial charge in [-0.05, 0) is 44.0 Å². The number of rotatable bonds is 6. The van der Waals surface area contributed by atoms with Crippen molar-refractivity contribution >= 4 is 40.2 Å². The number of carbonyl (C=O) groups excluding carboxylic acids is 2. The van der Waals surface area contributed by atoms with Crippen molar-refractivity contribution in [2.75, 3.05) is 11.9 Å². The Morgan fingerprint density at radius 2 is 1.71 bits per heavy atom. The molecule has 0 spiro atoms. The fourth-order valence-corrected chi connectivity index (χ4v) is 3.70. The number of amides is 2. The molecule has 3 rings (SSSR count). The molecule has 0 bridgehead atoms. The molecule has 1 heterocycles. The average Bonchev–Trinajstić information content (AvgIpc) is 2.69. The number of aryl methyl sites for hydroxylation is 2. The first kappa shape index (κ1) is 19.9. The molecule has 0 aliphatic rings. The Balaban J connectivity index is 1.54. The number of benzene rings is 2. The molecule has 2 aromatic carbocycles. The lowest BCUT2D eigenvalue weighted by Crippen LogP contribution is -2.37. The van der Waals surface area contributed by atoms with Crippen LogP contribution < -0.4 is 10.6 Å². The lowest BCUT2D eigenvalue weighted by Gasteiger charge is -2.14. The van der Waals surface area contributed by atoms with Crippen LogP contribution in [0.2, 0.25) is 0 Å². The number of aromatic nitrogens is 1. The Hall–Kier alpha value is -2.86. The first-order chi connectivity index (χ1) is 13.4. The molecule has 2 N–H and O–H groups in total. The van der Waals surface area contributed by atoms with Gasteiger partial charge < -0.3 is 10.6 Å². The number of para-hydroxylation sites is 2. The van der Waals surface area contributed by atoms with E-state index in [0.717, 1.165) is 32.7 Å². The van der Waals surface area contributed by atoms with E-state index in [9.17, 15) is 9.59 Å². The third-order valence-electron chi connectivity index (χ3n) is 4.41. The summed E-state index contributed by atoms with van der Waals surface area (Å²) in [5.74, 6) is -0.441. The number of thioether (sulfide) groups is 1. The maximum Gasteiger partial charge on any atom is 0.243 e. The predicted octanol–water partition coefficient (Wildman–Crippen LogP) is 4.09. The SMILES string of the molecule is Cc1cccc(C)c1NC(=O)CNC(=O)C(C)Sc1ccc2ccccc2n1. The van der Waals surface area contributed by atoms with E-state index in [-0.39, 0.29) is 23.6 Å². The minimum absolute atomic E-state index is 0.0668. The first-order valence-corrected chi connectivity index (χ1v) is 9.98. The van der Waals surface area contributed by atoms with Crippen LogP contribution in [-0.4, -0.2) is 28.6 Å². The van der Waals surface area contributed by atoms with Gasteiger partial charge in [0.2, 0.25) is 11.8 Å². The van der Waals surface area contributed by atoms with Crippen molar-refractivity contribution in [2.24, 2.45) is 0 Å². The fraction of sp³-hybridized carbons (Fsp3) is 0.227. The summed E-state index contributed by atoms with van der Waals surface area (Å²) in [7, 11) is 0. The number of nitrogens with one attached hydrogen (secondary N) is 2. The van der Waals surface area contributed by atoms with E-state index >= 15 is 0 Å². The maximum atomic E-state index is 12.4. The van der Waals surface area contributed by atoms with Crippen LogP contribution >= 0.6 is 11.8 Å². The van der Waals surface area contributed by atoms with Gasteiger partial charge in [-0.3, -0.25) is 9.59 Å². The minimum atomic E-state index is -0.360. The summed E-state index contributed by atoms with van der Waals surface area (Å²) in [5.41, 5.74) is 3.68. The van der Waals surface area contributed by atoms with Gasteiger partial charge in [0, 0.05) is 11.1 Å². The molecule has 144 valence electrons. The second kappa shape index (κ2) is 8.89. The van der Waals surface area contributed by atoms with Crippen molar-refractivity contribution in [3.8, 4) is 0 Å². The Labute approximate surface area is 168 Å². The van der Waals surface area contributed by atoms with Crippen LogP contribution in [0.4, 0.5) is 5.69 Å². The van der Waals surface area contributed by atoms with Crippen LogP contribution in [0, 0.1) is 13.8 Å². The summed E-state index contributed by atoms with van der Waals surface area (Å²) >= 11 is 1.37. The molecule has 0 aliphatic heterocycles. The van der Waals surface area contributed by atoms with Gasteiger partial charge in [-0.25, -0.2) is 4.98 Å². The van der Waals surface area contributed by atoms with Crippen LogP contribution in [0.25, 0.3) is 10.9 Å². The van der Waals surface area contributed by atoms with Crippen molar-refractivity contribution in [3.63, 3.8) is 0 Å². The zero-order valence-electron chi connectivity index (χ0n) is 16.2. The number of hydrogen-bond donors (Lipinski definition) is 2. The van der Waals surface area contributed by atoms with Crippen molar-refractivity contribution in [2.45, 2.75) is 31.0 Å². The van der Waals surface area contributed by atoms with Crippen LogP contribution in [0.3, 0.4) is 0 Å². The van der Waals surface area contributed by atoms with E-state index in [1.165, 1.54) is 11.8 Å². The van der Waals surface area contributed by atoms with Crippen molar-refractivity contribution in [1.82, 2.24) is 10.3 Å². The number of nitrogens with zero attached hydrogens (tertiary/aromatic N) is 1. The van der Waals surface area contributed by atoms with E-state index in [1.807, 2.05) is 68.4 Å². The molecular formula is C22H23N3O2S. The molecule has 1 aromatic heterocycles. The van der Waals surface area contributed by atoms with Gasteiger partial charge in [0.15, 0.2) is 0 Å². The molecular weight excluding hydrogens is 370 g/mol. The van der Waals surface area contributed by atoms with Gasteiger partial charge >= 0.3 is 0 Å². The Morgan fingerprint density at radius 1 is 1.00 bits per heavy atom. The molecule has 6 heteroatoms. The summed E-state index contributed by atoms with van der Waals surface area (Å²) in [6, 6.07) is 17.6. The molecule has 0 saturated carbocycles. The van der Waals surface area contributed by atoms with Gasteiger partial charge in [0.25, 0.3) is 0 Å². The van der Waals surface area contributed by atoms with E-state index in [4.69, 9.17) is 0 Å². The maximum absolute atomic E-state index is 12.4. The molecule has 28 heavy (non-hydrogen) atoms. The zero-order chi connectivity index (χ0) is 20.1. The molecule has 0 fully saturated rings. The van der Waals surface area contributed by atoms with Crippen LogP contribution in [0.5, 0.6) is 0 Å². The lowest BCUT2D eigenvalue weighted by molar-refractivity contribution is -0.123. The first-order valence-electron chi connectivity index (χ1n) is 9.10. The largest absolute Gasteiger partial charge is 0.346 e. The topological polar surface area (TPSA) is 71.1 Å². The molecule has 2 amide bonds. The molecule has 1 unspecified atom stereocenters. The number of carbonyl (C=O) groups is 2. The molecule has 0 aliphatic carbocycles. The molecule has 3 aromatic rings. The summed E-state index contributed by atoms with van der Waals surface area (Å²) in [6.45, 7) is 5.62. The van der Waals surface area contributed by atoms with Crippen LogP contribution in [-0.2, 0) is 9.59 Å². The summed E-state index contributed by atoms with van der Waals surface area (Å²) in [6.07, 6.45) is 0. The van der Waals surface area contributed by atoms with Gasteiger partial charge in [0.05, 0.1) is 22.3 Å². The van der Waals surface area contributed by atoms with Gasteiger partial charge in [-0.15, -0.1) is 0 Å². The number of anilines is 1. The molecule has 5 nitrogen and oxygen atoms in total. The van der Waals surface area contributed by atoms with Crippen molar-refractivity contribution in [1.29, 1.82) is 0 Å². The third-order valence-corrected chi connectivity index (χ3v) is 5.44. The monoisotopic (exact) mass is 393 g/mol. The fourth-order valence-electron chi connectivity index (χ4n) is 2.85. The zero-order valence-corrected chi connectivity index (χ0v) is 17.0. The smallest absolute Gasteiger partial charge is 0.243 e. The van der Waals surface area contributed by atoms with Crippen LogP contribution in [0.1, 0.15) is 18.1 Å². The van der Waals surface area contributed by atoms with Gasteiger partial charge in [-0.2, -0.15) is 0 Å². The highest BCUT2D eigenvalue weighted by molar-refractivity contribution is 8.00. The summed E-state index contributed by atoms with van der Waals surface area (Å²) in [5, 5.41) is 7.05. The summed E-state index contributed by atoms with van der Waals surface area (Å²) < 4.78 is 0. The lowest BCUT2D eigenvalue weighted by atomic mass is 10.1. The Morgan fingerprint density at radius 3 is 2.46 bits per heavy atom. The van der Waals surface area contributed by atoms with E-state index < -0.39 is 0 Å². The predicted molar refractivity (Wildman–Crippen MR) is 115 cm³/mol. The summed E-state index contributed by atoms with van der Waals surface area (Å²) in [4.78, 5) is 29.1. The third kappa shape index (κ3) is 4.89. The van der Waals surface area contributed by atoms with Gasteiger partial charge in [0.1, 0.15) is 0 Å². The van der Waals surface area contributed by atoms with E-state index in [2.05, 4.69) is 15.6 Å². The molecule has 1 atom stereocenters.